The molecule has 1 heteroatoms. The Kier molecular flexibility index (Phi) is 21.7. The molecular weight excluding hydrogens is 182 g/mol. The van der Waals surface area contributed by atoms with Gasteiger partial charge >= 0.3 is 0 Å². The van der Waals surface area contributed by atoms with Gasteiger partial charge in [0.1, 0.15) is 0 Å². The predicted molar refractivity (Wildman–Crippen MR) is 74.5 cm³/mol. The van der Waals surface area contributed by atoms with E-state index in [4.69, 9.17) is 0 Å². The first-order valence-electron chi connectivity index (χ1n) is 6.65. The molecule has 1 rings (SSSR count). The van der Waals surface area contributed by atoms with Crippen LogP contribution in [-0.4, -0.2) is 12.6 Å². The molecule has 0 spiro atoms. The first-order valence-corrected chi connectivity index (χ1v) is 6.65. The van der Waals surface area contributed by atoms with Crippen LogP contribution in [0.4, 0.5) is 0 Å². The van der Waals surface area contributed by atoms with Crippen LogP contribution in [0.25, 0.3) is 0 Å². The van der Waals surface area contributed by atoms with Gasteiger partial charge in [-0.2, -0.15) is 0 Å². The zero-order valence-corrected chi connectivity index (χ0v) is 12.5. The number of hydrogen-bond donors (Lipinski definition) is 1. The molecule has 0 radical (unpaired) electrons. The van der Waals surface area contributed by atoms with Crippen molar-refractivity contribution in [3.8, 4) is 0 Å². The molecule has 1 atom stereocenters. The van der Waals surface area contributed by atoms with E-state index in [-0.39, 0.29) is 0 Å². The Morgan fingerprint density at radius 1 is 1.00 bits per heavy atom. The van der Waals surface area contributed by atoms with Crippen LogP contribution >= 0.6 is 0 Å². The van der Waals surface area contributed by atoms with E-state index < -0.39 is 0 Å². The molecule has 0 aromatic carbocycles. The standard InChI is InChI=1S/C8H15N.3C2H6/c1-4-8-7(3)6(2)5-9-8;3*1-2/h8-9H,4-5H2,1-3H3;3*1-2H3. The van der Waals surface area contributed by atoms with Gasteiger partial charge in [0, 0.05) is 12.6 Å². The molecule has 1 unspecified atom stereocenters. The van der Waals surface area contributed by atoms with Gasteiger partial charge in [-0.05, 0) is 20.3 Å². The summed E-state index contributed by atoms with van der Waals surface area (Å²) in [4.78, 5) is 0. The van der Waals surface area contributed by atoms with Crippen LogP contribution in [0.5, 0.6) is 0 Å². The van der Waals surface area contributed by atoms with Crippen LogP contribution in [0.1, 0.15) is 68.7 Å². The highest BCUT2D eigenvalue weighted by molar-refractivity contribution is 5.22. The van der Waals surface area contributed by atoms with Crippen molar-refractivity contribution in [1.29, 1.82) is 0 Å². The molecule has 0 aromatic rings. The molecule has 1 aliphatic heterocycles. The van der Waals surface area contributed by atoms with Crippen LogP contribution < -0.4 is 5.32 Å². The lowest BCUT2D eigenvalue weighted by Crippen LogP contribution is -2.22. The summed E-state index contributed by atoms with van der Waals surface area (Å²) < 4.78 is 0. The second-order valence-electron chi connectivity index (χ2n) is 2.81. The van der Waals surface area contributed by atoms with Gasteiger partial charge in [-0.3, -0.25) is 0 Å². The van der Waals surface area contributed by atoms with E-state index in [9.17, 15) is 0 Å². The van der Waals surface area contributed by atoms with Crippen LogP contribution in [-0.2, 0) is 0 Å². The van der Waals surface area contributed by atoms with Crippen molar-refractivity contribution in [2.75, 3.05) is 6.54 Å². The molecule has 0 fully saturated rings. The Labute approximate surface area is 98.4 Å². The maximum absolute atomic E-state index is 3.43. The number of hydrogen-bond acceptors (Lipinski definition) is 1. The van der Waals surface area contributed by atoms with E-state index in [1.807, 2.05) is 41.5 Å². The Morgan fingerprint density at radius 3 is 1.53 bits per heavy atom. The molecule has 0 bridgehead atoms. The molecule has 1 nitrogen and oxygen atoms in total. The van der Waals surface area contributed by atoms with Gasteiger partial charge in [0.2, 0.25) is 0 Å². The van der Waals surface area contributed by atoms with Crippen LogP contribution in [0.2, 0.25) is 0 Å². The average Bonchev–Trinajstić information content (AvgIpc) is 2.67. The molecule has 15 heavy (non-hydrogen) atoms. The lowest BCUT2D eigenvalue weighted by atomic mass is 10.1. The third-order valence-electron chi connectivity index (χ3n) is 2.22. The Hall–Kier alpha value is -0.300. The maximum atomic E-state index is 3.43. The van der Waals surface area contributed by atoms with E-state index >= 15 is 0 Å². The Bertz CT molecular complexity index is 136. The minimum absolute atomic E-state index is 0.671. The Morgan fingerprint density at radius 2 is 1.40 bits per heavy atom. The monoisotopic (exact) mass is 215 g/mol. The molecule has 94 valence electrons. The van der Waals surface area contributed by atoms with Gasteiger partial charge in [0.15, 0.2) is 0 Å². The van der Waals surface area contributed by atoms with E-state index in [2.05, 4.69) is 26.1 Å². The highest BCUT2D eigenvalue weighted by Gasteiger charge is 2.15. The zero-order valence-electron chi connectivity index (χ0n) is 12.5. The summed E-state index contributed by atoms with van der Waals surface area (Å²) in [6, 6.07) is 0.671. The quantitative estimate of drug-likeness (QED) is 0.621. The fourth-order valence-electron chi connectivity index (χ4n) is 1.32. The van der Waals surface area contributed by atoms with Crippen molar-refractivity contribution in [1.82, 2.24) is 5.32 Å². The highest BCUT2D eigenvalue weighted by atomic mass is 14.9. The fraction of sp³-hybridized carbons (Fsp3) is 0.857. The minimum atomic E-state index is 0.671. The molecule has 1 aliphatic rings. The second kappa shape index (κ2) is 16.1. The van der Waals surface area contributed by atoms with Crippen LogP contribution in [0, 0.1) is 0 Å². The third-order valence-corrected chi connectivity index (χ3v) is 2.22. The highest BCUT2D eigenvalue weighted by Crippen LogP contribution is 2.16. The third kappa shape index (κ3) is 8.68. The number of rotatable bonds is 1. The summed E-state index contributed by atoms with van der Waals surface area (Å²) in [5.41, 5.74) is 3.08. The second-order valence-corrected chi connectivity index (χ2v) is 2.81. The lowest BCUT2D eigenvalue weighted by Gasteiger charge is -2.07. The minimum Gasteiger partial charge on any atom is -0.307 e. The molecule has 0 saturated heterocycles. The van der Waals surface area contributed by atoms with Crippen molar-refractivity contribution < 1.29 is 0 Å². The van der Waals surface area contributed by atoms with Gasteiger partial charge in [-0.1, -0.05) is 59.6 Å². The van der Waals surface area contributed by atoms with Crippen molar-refractivity contribution in [3.05, 3.63) is 11.1 Å². The summed E-state index contributed by atoms with van der Waals surface area (Å²) in [6.07, 6.45) is 1.23. The van der Waals surface area contributed by atoms with Gasteiger partial charge in [-0.15, -0.1) is 0 Å². The summed E-state index contributed by atoms with van der Waals surface area (Å²) >= 11 is 0. The van der Waals surface area contributed by atoms with Gasteiger partial charge < -0.3 is 5.32 Å². The topological polar surface area (TPSA) is 12.0 Å². The first kappa shape index (κ1) is 20.2. The maximum Gasteiger partial charge on any atom is 0.0280 e. The Balaban J connectivity index is -0.000000208. The largest absolute Gasteiger partial charge is 0.307 e. The van der Waals surface area contributed by atoms with E-state index in [1.165, 1.54) is 12.0 Å². The van der Waals surface area contributed by atoms with Gasteiger partial charge in [0.05, 0.1) is 0 Å². The van der Waals surface area contributed by atoms with Crippen LogP contribution in [0.3, 0.4) is 0 Å². The van der Waals surface area contributed by atoms with Crippen molar-refractivity contribution in [2.45, 2.75) is 74.8 Å². The lowest BCUT2D eigenvalue weighted by molar-refractivity contribution is 0.625. The van der Waals surface area contributed by atoms with Crippen molar-refractivity contribution in [3.63, 3.8) is 0 Å². The smallest absolute Gasteiger partial charge is 0.0280 e. The average molecular weight is 215 g/mol. The molecule has 0 saturated carbocycles. The number of nitrogens with one attached hydrogen (secondary N) is 1. The zero-order chi connectivity index (χ0) is 12.9. The summed E-state index contributed by atoms with van der Waals surface area (Å²) in [5.74, 6) is 0. The normalized spacial score (nSPS) is 17.8. The molecule has 0 amide bonds. The molecule has 0 aromatic heterocycles. The van der Waals surface area contributed by atoms with E-state index in [1.54, 1.807) is 5.57 Å². The summed E-state index contributed by atoms with van der Waals surface area (Å²) in [5, 5.41) is 3.43. The van der Waals surface area contributed by atoms with Gasteiger partial charge in [-0.25, -0.2) is 0 Å². The van der Waals surface area contributed by atoms with Gasteiger partial charge in [0.25, 0.3) is 0 Å². The van der Waals surface area contributed by atoms with Crippen molar-refractivity contribution in [2.24, 2.45) is 0 Å². The molecule has 0 aliphatic carbocycles. The molecular formula is C14H33N. The summed E-state index contributed by atoms with van der Waals surface area (Å²) in [7, 11) is 0. The summed E-state index contributed by atoms with van der Waals surface area (Å²) in [6.45, 7) is 19.8. The predicted octanol–water partition coefficient (Wildman–Crippen LogP) is 4.78. The molecule has 1 heterocycles. The van der Waals surface area contributed by atoms with Crippen molar-refractivity contribution >= 4 is 0 Å². The van der Waals surface area contributed by atoms with Crippen LogP contribution in [0.15, 0.2) is 11.1 Å². The molecule has 1 N–H and O–H groups in total. The van der Waals surface area contributed by atoms with E-state index in [0.717, 1.165) is 6.54 Å². The fourth-order valence-corrected chi connectivity index (χ4v) is 1.32. The SMILES string of the molecule is CC.CC.CC.CCC1NCC(C)=C1C. The first-order chi connectivity index (χ1) is 7.25. The van der Waals surface area contributed by atoms with E-state index in [0.29, 0.717) is 6.04 Å².